The largest absolute Gasteiger partial charge is 0.465 e. The minimum atomic E-state index is -0.485. The number of carbonyl (C=O) groups excluding carboxylic acids is 2. The van der Waals surface area contributed by atoms with Crippen molar-refractivity contribution < 1.29 is 18.7 Å². The Hall–Kier alpha value is -4.07. The highest BCUT2D eigenvalue weighted by Gasteiger charge is 2.11. The summed E-state index contributed by atoms with van der Waals surface area (Å²) in [7, 11) is 1.30. The molecule has 0 fully saturated rings. The van der Waals surface area contributed by atoms with Gasteiger partial charge in [-0.2, -0.15) is 0 Å². The Morgan fingerprint density at radius 1 is 1.03 bits per heavy atom. The van der Waals surface area contributed by atoms with Crippen LogP contribution in [0.3, 0.4) is 0 Å². The first-order valence-electron chi connectivity index (χ1n) is 9.02. The summed E-state index contributed by atoms with van der Waals surface area (Å²) in [5, 5.41) is 5.66. The van der Waals surface area contributed by atoms with Gasteiger partial charge in [-0.25, -0.2) is 14.2 Å². The van der Waals surface area contributed by atoms with Gasteiger partial charge in [0.2, 0.25) is 5.96 Å². The van der Waals surface area contributed by atoms with E-state index in [9.17, 15) is 14.0 Å². The number of carbonyl (C=O) groups is 2. The number of nitrogens with zero attached hydrogens (tertiary/aromatic N) is 2. The van der Waals surface area contributed by atoms with Crippen molar-refractivity contribution in [3.05, 3.63) is 95.6 Å². The van der Waals surface area contributed by atoms with E-state index in [0.29, 0.717) is 16.9 Å². The van der Waals surface area contributed by atoms with Gasteiger partial charge in [-0.05, 0) is 54.6 Å². The number of nitrogens with one attached hydrogen (secondary N) is 2. The van der Waals surface area contributed by atoms with E-state index in [0.717, 1.165) is 0 Å². The van der Waals surface area contributed by atoms with E-state index < -0.39 is 17.7 Å². The molecule has 0 atom stereocenters. The summed E-state index contributed by atoms with van der Waals surface area (Å²) >= 11 is 0. The lowest BCUT2D eigenvalue weighted by Gasteiger charge is -2.12. The molecule has 30 heavy (non-hydrogen) atoms. The normalized spacial score (nSPS) is 10.9. The van der Waals surface area contributed by atoms with Crippen LogP contribution in [-0.2, 0) is 11.3 Å². The number of guanidine groups is 1. The van der Waals surface area contributed by atoms with E-state index in [2.05, 4.69) is 20.6 Å². The van der Waals surface area contributed by atoms with Crippen molar-refractivity contribution in [2.75, 3.05) is 12.4 Å². The number of pyridine rings is 1. The highest BCUT2D eigenvalue weighted by Crippen LogP contribution is 2.12. The van der Waals surface area contributed by atoms with Crippen molar-refractivity contribution in [3.8, 4) is 0 Å². The van der Waals surface area contributed by atoms with Crippen molar-refractivity contribution in [2.45, 2.75) is 6.54 Å². The zero-order valence-corrected chi connectivity index (χ0v) is 16.1. The smallest absolute Gasteiger partial charge is 0.337 e. The number of amides is 1. The Balaban J connectivity index is 1.82. The molecule has 0 aliphatic carbocycles. The minimum Gasteiger partial charge on any atom is -0.465 e. The maximum atomic E-state index is 13.1. The molecule has 0 unspecified atom stereocenters. The Kier molecular flexibility index (Phi) is 6.83. The summed E-state index contributed by atoms with van der Waals surface area (Å²) in [4.78, 5) is 32.9. The molecule has 0 aliphatic rings. The van der Waals surface area contributed by atoms with Gasteiger partial charge in [-0.15, -0.1) is 0 Å². The molecule has 0 aliphatic heterocycles. The van der Waals surface area contributed by atoms with Crippen LogP contribution < -0.4 is 10.6 Å². The van der Waals surface area contributed by atoms with Gasteiger partial charge in [0.15, 0.2) is 0 Å². The lowest BCUT2D eigenvalue weighted by Crippen LogP contribution is -2.36. The molecule has 1 heterocycles. The van der Waals surface area contributed by atoms with Gasteiger partial charge in [0.05, 0.1) is 24.9 Å². The van der Waals surface area contributed by atoms with Crippen molar-refractivity contribution in [1.82, 2.24) is 10.3 Å². The van der Waals surface area contributed by atoms with E-state index in [4.69, 9.17) is 4.74 Å². The molecule has 1 aromatic heterocycles. The van der Waals surface area contributed by atoms with Crippen molar-refractivity contribution in [3.63, 3.8) is 0 Å². The van der Waals surface area contributed by atoms with Gasteiger partial charge in [-0.1, -0.05) is 12.1 Å². The fourth-order valence-corrected chi connectivity index (χ4v) is 2.52. The maximum absolute atomic E-state index is 13.1. The molecular formula is C22H19FN4O3. The van der Waals surface area contributed by atoms with E-state index in [1.165, 1.54) is 31.4 Å². The first-order valence-corrected chi connectivity index (χ1v) is 9.02. The lowest BCUT2D eigenvalue weighted by molar-refractivity contribution is 0.0600. The van der Waals surface area contributed by atoms with E-state index in [1.807, 2.05) is 6.07 Å². The van der Waals surface area contributed by atoms with Crippen LogP contribution in [-0.4, -0.2) is 29.9 Å². The third-order valence-electron chi connectivity index (χ3n) is 4.01. The van der Waals surface area contributed by atoms with Gasteiger partial charge in [0, 0.05) is 17.4 Å². The number of hydrogen-bond acceptors (Lipinski definition) is 5. The Labute approximate surface area is 172 Å². The van der Waals surface area contributed by atoms with E-state index in [-0.39, 0.29) is 18.1 Å². The zero-order chi connectivity index (χ0) is 21.3. The number of aromatic nitrogens is 1. The third kappa shape index (κ3) is 5.71. The number of benzene rings is 2. The Morgan fingerprint density at radius 2 is 1.83 bits per heavy atom. The molecule has 0 radical (unpaired) electrons. The summed E-state index contributed by atoms with van der Waals surface area (Å²) in [5.41, 5.74) is 1.84. The van der Waals surface area contributed by atoms with E-state index in [1.54, 1.807) is 42.6 Å². The molecule has 152 valence electrons. The SMILES string of the molecule is COC(=O)c1cccc(NC(=NCc2ccccn2)NC(=O)c2ccc(F)cc2)c1. The van der Waals surface area contributed by atoms with Gasteiger partial charge >= 0.3 is 5.97 Å². The van der Waals surface area contributed by atoms with Gasteiger partial charge < -0.3 is 10.1 Å². The van der Waals surface area contributed by atoms with Crippen LogP contribution in [0.15, 0.2) is 77.9 Å². The highest BCUT2D eigenvalue weighted by atomic mass is 19.1. The predicted molar refractivity (Wildman–Crippen MR) is 111 cm³/mol. The predicted octanol–water partition coefficient (Wildman–Crippen LogP) is 3.41. The van der Waals surface area contributed by atoms with Crippen LogP contribution in [0.5, 0.6) is 0 Å². The molecule has 8 heteroatoms. The number of methoxy groups -OCH3 is 1. The minimum absolute atomic E-state index is 0.150. The monoisotopic (exact) mass is 406 g/mol. The van der Waals surface area contributed by atoms with Gasteiger partial charge in [0.25, 0.3) is 5.91 Å². The Bertz CT molecular complexity index is 1050. The van der Waals surface area contributed by atoms with Crippen LogP contribution in [0.4, 0.5) is 10.1 Å². The summed E-state index contributed by atoms with van der Waals surface area (Å²) < 4.78 is 17.9. The number of hydrogen-bond donors (Lipinski definition) is 2. The molecule has 1 amide bonds. The second-order valence-corrected chi connectivity index (χ2v) is 6.14. The first-order chi connectivity index (χ1) is 14.5. The van der Waals surface area contributed by atoms with Crippen LogP contribution in [0.1, 0.15) is 26.4 Å². The highest BCUT2D eigenvalue weighted by molar-refractivity contribution is 6.10. The Morgan fingerprint density at radius 3 is 2.53 bits per heavy atom. The fraction of sp³-hybridized carbons (Fsp3) is 0.0909. The molecule has 2 aromatic carbocycles. The molecular weight excluding hydrogens is 387 g/mol. The molecule has 3 rings (SSSR count). The van der Waals surface area contributed by atoms with Gasteiger partial charge in [0.1, 0.15) is 5.82 Å². The van der Waals surface area contributed by atoms with Crippen molar-refractivity contribution in [1.29, 1.82) is 0 Å². The summed E-state index contributed by atoms with van der Waals surface area (Å²) in [6, 6.07) is 17.2. The standard InChI is InChI=1S/C22H19FN4O3/c1-30-21(29)16-5-4-7-18(13-16)26-22(25-14-19-6-2-3-12-24-19)27-20(28)15-8-10-17(23)11-9-15/h2-13H,14H2,1H3,(H2,25,26,27,28). The maximum Gasteiger partial charge on any atom is 0.337 e. The average Bonchev–Trinajstić information content (AvgIpc) is 2.78. The fourth-order valence-electron chi connectivity index (χ4n) is 2.52. The van der Waals surface area contributed by atoms with Crippen LogP contribution in [0.25, 0.3) is 0 Å². The first kappa shape index (κ1) is 20.7. The summed E-state index contributed by atoms with van der Waals surface area (Å²) in [5.74, 6) is -1.24. The molecule has 3 aromatic rings. The summed E-state index contributed by atoms with van der Waals surface area (Å²) in [6.07, 6.45) is 1.65. The number of aliphatic imine (C=N–C) groups is 1. The lowest BCUT2D eigenvalue weighted by atomic mass is 10.2. The second-order valence-electron chi connectivity index (χ2n) is 6.14. The molecule has 7 nitrogen and oxygen atoms in total. The molecule has 0 saturated heterocycles. The number of halogens is 1. The van der Waals surface area contributed by atoms with Crippen molar-refractivity contribution >= 4 is 23.5 Å². The van der Waals surface area contributed by atoms with Crippen molar-refractivity contribution in [2.24, 2.45) is 4.99 Å². The number of esters is 1. The van der Waals surface area contributed by atoms with Crippen LogP contribution >= 0.6 is 0 Å². The number of anilines is 1. The number of ether oxygens (including phenoxy) is 1. The van der Waals surface area contributed by atoms with E-state index >= 15 is 0 Å². The van der Waals surface area contributed by atoms with Crippen LogP contribution in [0.2, 0.25) is 0 Å². The van der Waals surface area contributed by atoms with Gasteiger partial charge in [-0.3, -0.25) is 15.1 Å². The topological polar surface area (TPSA) is 92.7 Å². The summed E-state index contributed by atoms with van der Waals surface area (Å²) in [6.45, 7) is 0.212. The molecule has 0 spiro atoms. The molecule has 0 saturated carbocycles. The molecule has 2 N–H and O–H groups in total. The molecule has 0 bridgehead atoms. The zero-order valence-electron chi connectivity index (χ0n) is 16.1. The van der Waals surface area contributed by atoms with Crippen LogP contribution in [0, 0.1) is 5.82 Å². The second kappa shape index (κ2) is 9.92. The number of rotatable bonds is 5. The third-order valence-corrected chi connectivity index (χ3v) is 4.01. The average molecular weight is 406 g/mol. The quantitative estimate of drug-likeness (QED) is 0.385.